The standard InChI is InChI=1S/C16H25NO2/c1-12(2)10-11-19-14-8-6-13(7-9-14)17-15(18)16(3,4)5/h6-9,12H,10-11H2,1-5H3,(H,17,18). The molecule has 1 aromatic rings. The van der Waals surface area contributed by atoms with Crippen molar-refractivity contribution in [1.29, 1.82) is 0 Å². The predicted molar refractivity (Wildman–Crippen MR) is 79.5 cm³/mol. The topological polar surface area (TPSA) is 38.3 Å². The van der Waals surface area contributed by atoms with Gasteiger partial charge in [0.15, 0.2) is 0 Å². The van der Waals surface area contributed by atoms with Crippen LogP contribution in [0.5, 0.6) is 5.75 Å². The van der Waals surface area contributed by atoms with Gasteiger partial charge in [0.05, 0.1) is 6.61 Å². The molecular formula is C16H25NO2. The summed E-state index contributed by atoms with van der Waals surface area (Å²) in [5.41, 5.74) is 0.419. The molecule has 0 aliphatic carbocycles. The number of hydrogen-bond acceptors (Lipinski definition) is 2. The second kappa shape index (κ2) is 6.60. The molecule has 19 heavy (non-hydrogen) atoms. The Morgan fingerprint density at radius 2 is 1.79 bits per heavy atom. The lowest BCUT2D eigenvalue weighted by molar-refractivity contribution is -0.123. The highest BCUT2D eigenvalue weighted by Crippen LogP contribution is 2.20. The van der Waals surface area contributed by atoms with Crippen LogP contribution in [0.15, 0.2) is 24.3 Å². The van der Waals surface area contributed by atoms with Crippen LogP contribution in [0.1, 0.15) is 41.0 Å². The molecule has 0 unspecified atom stereocenters. The smallest absolute Gasteiger partial charge is 0.229 e. The summed E-state index contributed by atoms with van der Waals surface area (Å²) < 4.78 is 5.63. The zero-order chi connectivity index (χ0) is 14.5. The second-order valence-corrected chi connectivity index (χ2v) is 6.26. The lowest BCUT2D eigenvalue weighted by Gasteiger charge is -2.17. The highest BCUT2D eigenvalue weighted by atomic mass is 16.5. The van der Waals surface area contributed by atoms with Crippen molar-refractivity contribution in [1.82, 2.24) is 0 Å². The van der Waals surface area contributed by atoms with Crippen molar-refractivity contribution in [3.8, 4) is 5.75 Å². The van der Waals surface area contributed by atoms with Crippen LogP contribution in [-0.2, 0) is 4.79 Å². The van der Waals surface area contributed by atoms with Gasteiger partial charge in [0.1, 0.15) is 5.75 Å². The maximum absolute atomic E-state index is 11.8. The normalized spacial score (nSPS) is 11.5. The summed E-state index contributed by atoms with van der Waals surface area (Å²) in [6.45, 7) is 10.8. The van der Waals surface area contributed by atoms with E-state index in [4.69, 9.17) is 4.74 Å². The number of nitrogens with one attached hydrogen (secondary N) is 1. The largest absolute Gasteiger partial charge is 0.494 e. The van der Waals surface area contributed by atoms with E-state index < -0.39 is 0 Å². The number of carbonyl (C=O) groups excluding carboxylic acids is 1. The summed E-state index contributed by atoms with van der Waals surface area (Å²) in [4.78, 5) is 11.8. The lowest BCUT2D eigenvalue weighted by atomic mass is 9.95. The molecular weight excluding hydrogens is 238 g/mol. The third-order valence-electron chi connectivity index (χ3n) is 2.76. The molecule has 1 N–H and O–H groups in total. The fourth-order valence-electron chi connectivity index (χ4n) is 1.37. The molecule has 3 nitrogen and oxygen atoms in total. The second-order valence-electron chi connectivity index (χ2n) is 6.26. The van der Waals surface area contributed by atoms with Crippen LogP contribution < -0.4 is 10.1 Å². The molecule has 0 aliphatic rings. The quantitative estimate of drug-likeness (QED) is 0.868. The van der Waals surface area contributed by atoms with E-state index >= 15 is 0 Å². The highest BCUT2D eigenvalue weighted by Gasteiger charge is 2.20. The van der Waals surface area contributed by atoms with Crippen molar-refractivity contribution in [2.24, 2.45) is 11.3 Å². The molecule has 0 saturated carbocycles. The maximum atomic E-state index is 11.8. The molecule has 0 atom stereocenters. The average molecular weight is 263 g/mol. The summed E-state index contributed by atoms with van der Waals surface area (Å²) in [5, 5.41) is 2.89. The average Bonchev–Trinajstić information content (AvgIpc) is 2.29. The van der Waals surface area contributed by atoms with E-state index in [1.807, 2.05) is 45.0 Å². The van der Waals surface area contributed by atoms with Crippen LogP contribution in [0, 0.1) is 11.3 Å². The van der Waals surface area contributed by atoms with Crippen molar-refractivity contribution < 1.29 is 9.53 Å². The van der Waals surface area contributed by atoms with Gasteiger partial charge >= 0.3 is 0 Å². The van der Waals surface area contributed by atoms with E-state index in [0.29, 0.717) is 5.92 Å². The Labute approximate surface area is 116 Å². The zero-order valence-corrected chi connectivity index (χ0v) is 12.6. The van der Waals surface area contributed by atoms with Gasteiger partial charge in [0.2, 0.25) is 5.91 Å². The number of anilines is 1. The van der Waals surface area contributed by atoms with Gasteiger partial charge in [-0.15, -0.1) is 0 Å². The van der Waals surface area contributed by atoms with Crippen molar-refractivity contribution in [2.75, 3.05) is 11.9 Å². The Morgan fingerprint density at radius 3 is 2.26 bits per heavy atom. The van der Waals surface area contributed by atoms with Gasteiger partial charge in [-0.05, 0) is 36.6 Å². The third kappa shape index (κ3) is 5.77. The van der Waals surface area contributed by atoms with Crippen LogP contribution in [0.4, 0.5) is 5.69 Å². The Balaban J connectivity index is 2.50. The summed E-state index contributed by atoms with van der Waals surface area (Å²) >= 11 is 0. The first kappa shape index (κ1) is 15.5. The summed E-state index contributed by atoms with van der Waals surface area (Å²) in [7, 11) is 0. The molecule has 1 rings (SSSR count). The molecule has 0 bridgehead atoms. The van der Waals surface area contributed by atoms with Gasteiger partial charge in [0.25, 0.3) is 0 Å². The minimum absolute atomic E-state index is 0.0148. The molecule has 3 heteroatoms. The van der Waals surface area contributed by atoms with Gasteiger partial charge in [-0.3, -0.25) is 4.79 Å². The monoisotopic (exact) mass is 263 g/mol. The van der Waals surface area contributed by atoms with Crippen LogP contribution in [0.3, 0.4) is 0 Å². The van der Waals surface area contributed by atoms with E-state index in [0.717, 1.165) is 24.5 Å². The fraction of sp³-hybridized carbons (Fsp3) is 0.562. The minimum atomic E-state index is -0.383. The molecule has 0 heterocycles. The first-order valence-electron chi connectivity index (χ1n) is 6.83. The molecule has 0 aliphatic heterocycles. The zero-order valence-electron chi connectivity index (χ0n) is 12.6. The van der Waals surface area contributed by atoms with E-state index in [9.17, 15) is 4.79 Å². The Morgan fingerprint density at radius 1 is 1.21 bits per heavy atom. The highest BCUT2D eigenvalue weighted by molar-refractivity contribution is 5.94. The first-order chi connectivity index (χ1) is 8.79. The molecule has 0 radical (unpaired) electrons. The summed E-state index contributed by atoms with van der Waals surface area (Å²) in [6.07, 6.45) is 1.04. The third-order valence-corrected chi connectivity index (χ3v) is 2.76. The van der Waals surface area contributed by atoms with Gasteiger partial charge in [-0.1, -0.05) is 34.6 Å². The first-order valence-corrected chi connectivity index (χ1v) is 6.83. The van der Waals surface area contributed by atoms with Gasteiger partial charge in [-0.25, -0.2) is 0 Å². The molecule has 106 valence electrons. The van der Waals surface area contributed by atoms with E-state index in [1.54, 1.807) is 0 Å². The van der Waals surface area contributed by atoms with Crippen LogP contribution in [0.25, 0.3) is 0 Å². The molecule has 1 amide bonds. The number of carbonyl (C=O) groups is 1. The summed E-state index contributed by atoms with van der Waals surface area (Å²) in [6, 6.07) is 7.51. The number of amides is 1. The maximum Gasteiger partial charge on any atom is 0.229 e. The number of rotatable bonds is 5. The molecule has 1 aromatic carbocycles. The van der Waals surface area contributed by atoms with Crippen LogP contribution >= 0.6 is 0 Å². The van der Waals surface area contributed by atoms with Crippen molar-refractivity contribution >= 4 is 11.6 Å². The van der Waals surface area contributed by atoms with Crippen molar-refractivity contribution in [2.45, 2.75) is 41.0 Å². The van der Waals surface area contributed by atoms with Crippen molar-refractivity contribution in [3.05, 3.63) is 24.3 Å². The SMILES string of the molecule is CC(C)CCOc1ccc(NC(=O)C(C)(C)C)cc1. The Bertz CT molecular complexity index is 402. The fourth-order valence-corrected chi connectivity index (χ4v) is 1.37. The molecule has 0 aromatic heterocycles. The predicted octanol–water partition coefficient (Wildman–Crippen LogP) is 4.10. The van der Waals surface area contributed by atoms with Gasteiger partial charge in [0, 0.05) is 11.1 Å². The lowest BCUT2D eigenvalue weighted by Crippen LogP contribution is -2.27. The van der Waals surface area contributed by atoms with Gasteiger partial charge in [-0.2, -0.15) is 0 Å². The molecule has 0 fully saturated rings. The molecule has 0 saturated heterocycles. The summed E-state index contributed by atoms with van der Waals surface area (Å²) in [5.74, 6) is 1.50. The van der Waals surface area contributed by atoms with Crippen LogP contribution in [-0.4, -0.2) is 12.5 Å². The van der Waals surface area contributed by atoms with E-state index in [2.05, 4.69) is 19.2 Å². The molecule has 0 spiro atoms. The Kier molecular flexibility index (Phi) is 5.40. The number of benzene rings is 1. The van der Waals surface area contributed by atoms with Gasteiger partial charge < -0.3 is 10.1 Å². The number of ether oxygens (including phenoxy) is 1. The van der Waals surface area contributed by atoms with Crippen LogP contribution in [0.2, 0.25) is 0 Å². The Hall–Kier alpha value is -1.51. The minimum Gasteiger partial charge on any atom is -0.494 e. The van der Waals surface area contributed by atoms with Crippen molar-refractivity contribution in [3.63, 3.8) is 0 Å². The number of hydrogen-bond donors (Lipinski definition) is 1. The van der Waals surface area contributed by atoms with E-state index in [-0.39, 0.29) is 11.3 Å². The van der Waals surface area contributed by atoms with E-state index in [1.165, 1.54) is 0 Å².